The maximum atomic E-state index is 12.2. The summed E-state index contributed by atoms with van der Waals surface area (Å²) in [5.74, 6) is 0.507. The van der Waals surface area contributed by atoms with Gasteiger partial charge in [0.05, 0.1) is 11.0 Å². The van der Waals surface area contributed by atoms with Gasteiger partial charge < -0.3 is 15.0 Å². The number of H-pyrrole nitrogens is 1. The molecule has 1 saturated heterocycles. The number of amides is 2. The lowest BCUT2D eigenvalue weighted by molar-refractivity contribution is -0.198. The van der Waals surface area contributed by atoms with Gasteiger partial charge in [-0.05, 0) is 53.7 Å². The molecule has 0 aliphatic carbocycles. The molecule has 0 saturated carbocycles. The zero-order valence-corrected chi connectivity index (χ0v) is 21.1. The van der Waals surface area contributed by atoms with Gasteiger partial charge in [0.2, 0.25) is 5.91 Å². The standard InChI is InChI=1S/C28H34N4O4/c1-28(2,3)18-26(34)29-21-12-13-22-23(17-21)31-24(30-22)16-20-9-7-19(8-10-20)11-14-25(33)32-36-27-6-4-5-15-35-27/h7-14,17,27H,4-6,15-16,18H2,1-3H3,(H,29,34)(H,30,31)(H,32,33)/b14-11+. The smallest absolute Gasteiger partial charge is 0.267 e. The van der Waals surface area contributed by atoms with Gasteiger partial charge in [-0.25, -0.2) is 15.3 Å². The predicted molar refractivity (Wildman–Crippen MR) is 140 cm³/mol. The summed E-state index contributed by atoms with van der Waals surface area (Å²) in [5, 5.41) is 2.96. The lowest BCUT2D eigenvalue weighted by Gasteiger charge is -2.21. The van der Waals surface area contributed by atoms with E-state index < -0.39 is 0 Å². The predicted octanol–water partition coefficient (Wildman–Crippen LogP) is 5.12. The van der Waals surface area contributed by atoms with Crippen molar-refractivity contribution >= 4 is 34.6 Å². The van der Waals surface area contributed by atoms with Gasteiger partial charge in [-0.2, -0.15) is 0 Å². The van der Waals surface area contributed by atoms with E-state index in [1.54, 1.807) is 6.08 Å². The summed E-state index contributed by atoms with van der Waals surface area (Å²) in [6.45, 7) is 6.78. The monoisotopic (exact) mass is 490 g/mol. The Morgan fingerprint density at radius 2 is 1.97 bits per heavy atom. The van der Waals surface area contributed by atoms with Gasteiger partial charge in [-0.3, -0.25) is 9.59 Å². The van der Waals surface area contributed by atoms with E-state index in [9.17, 15) is 9.59 Å². The third kappa shape index (κ3) is 7.76. The largest absolute Gasteiger partial charge is 0.350 e. The summed E-state index contributed by atoms with van der Waals surface area (Å²) in [6.07, 6.45) is 6.75. The first kappa shape index (κ1) is 25.6. The summed E-state index contributed by atoms with van der Waals surface area (Å²) in [6, 6.07) is 13.6. The molecule has 0 radical (unpaired) electrons. The van der Waals surface area contributed by atoms with Crippen molar-refractivity contribution in [2.24, 2.45) is 5.41 Å². The minimum atomic E-state index is -0.368. The number of carbonyl (C=O) groups is 2. The molecule has 0 bridgehead atoms. The molecule has 8 nitrogen and oxygen atoms in total. The van der Waals surface area contributed by atoms with Crippen molar-refractivity contribution in [1.29, 1.82) is 0 Å². The highest BCUT2D eigenvalue weighted by Gasteiger charge is 2.17. The molecule has 1 unspecified atom stereocenters. The summed E-state index contributed by atoms with van der Waals surface area (Å²) in [4.78, 5) is 37.5. The third-order valence-electron chi connectivity index (χ3n) is 5.71. The van der Waals surface area contributed by atoms with Crippen LogP contribution in [0.5, 0.6) is 0 Å². The highest BCUT2D eigenvalue weighted by atomic mass is 16.8. The fourth-order valence-corrected chi connectivity index (χ4v) is 3.98. The van der Waals surface area contributed by atoms with E-state index in [0.717, 1.165) is 52.9 Å². The Balaban J connectivity index is 1.30. The van der Waals surface area contributed by atoms with Crippen LogP contribution in [-0.2, 0) is 25.6 Å². The maximum absolute atomic E-state index is 12.2. The molecule has 190 valence electrons. The number of ether oxygens (including phenoxy) is 1. The number of hydrogen-bond donors (Lipinski definition) is 3. The zero-order valence-electron chi connectivity index (χ0n) is 21.1. The Kier molecular flexibility index (Phi) is 8.18. The van der Waals surface area contributed by atoms with E-state index in [1.807, 2.05) is 63.2 Å². The lowest BCUT2D eigenvalue weighted by Crippen LogP contribution is -2.32. The topological polar surface area (TPSA) is 105 Å². The zero-order chi connectivity index (χ0) is 25.5. The number of hydrogen-bond acceptors (Lipinski definition) is 5. The third-order valence-corrected chi connectivity index (χ3v) is 5.71. The van der Waals surface area contributed by atoms with Crippen LogP contribution >= 0.6 is 0 Å². The van der Waals surface area contributed by atoms with Gasteiger partial charge in [-0.1, -0.05) is 45.0 Å². The second-order valence-electron chi connectivity index (χ2n) is 10.3. The first-order chi connectivity index (χ1) is 17.2. The summed E-state index contributed by atoms with van der Waals surface area (Å²) in [5.41, 5.74) is 6.82. The number of hydroxylamine groups is 1. The lowest BCUT2D eigenvalue weighted by atomic mass is 9.92. The molecule has 3 aromatic rings. The molecule has 1 fully saturated rings. The fraction of sp³-hybridized carbons (Fsp3) is 0.393. The molecule has 8 heteroatoms. The van der Waals surface area contributed by atoms with Crippen molar-refractivity contribution < 1.29 is 19.2 Å². The van der Waals surface area contributed by atoms with Crippen LogP contribution in [0.25, 0.3) is 17.1 Å². The Morgan fingerprint density at radius 3 is 2.69 bits per heavy atom. The molecule has 3 N–H and O–H groups in total. The molecule has 2 amide bonds. The van der Waals surface area contributed by atoms with E-state index >= 15 is 0 Å². The van der Waals surface area contributed by atoms with Crippen LogP contribution < -0.4 is 10.8 Å². The van der Waals surface area contributed by atoms with Gasteiger partial charge in [0.15, 0.2) is 6.29 Å². The molecule has 1 aromatic heterocycles. The summed E-state index contributed by atoms with van der Waals surface area (Å²) >= 11 is 0. The van der Waals surface area contributed by atoms with Crippen LogP contribution in [0, 0.1) is 5.41 Å². The number of benzene rings is 2. The molecule has 2 heterocycles. The minimum absolute atomic E-state index is 0.00464. The molecular formula is C28H34N4O4. The number of nitrogens with one attached hydrogen (secondary N) is 3. The highest BCUT2D eigenvalue weighted by Crippen LogP contribution is 2.22. The number of imidazole rings is 1. The second-order valence-corrected chi connectivity index (χ2v) is 10.3. The molecule has 0 spiro atoms. The molecule has 1 aliphatic heterocycles. The summed E-state index contributed by atoms with van der Waals surface area (Å²) in [7, 11) is 0. The van der Waals surface area contributed by atoms with E-state index in [1.165, 1.54) is 6.08 Å². The Bertz CT molecular complexity index is 1220. The van der Waals surface area contributed by atoms with Crippen LogP contribution in [-0.4, -0.2) is 34.7 Å². The van der Waals surface area contributed by atoms with Crippen molar-refractivity contribution in [3.8, 4) is 0 Å². The summed E-state index contributed by atoms with van der Waals surface area (Å²) < 4.78 is 5.42. The van der Waals surface area contributed by atoms with Crippen molar-refractivity contribution in [3.05, 3.63) is 65.5 Å². The van der Waals surface area contributed by atoms with Crippen LogP contribution in [0.1, 0.15) is 63.4 Å². The van der Waals surface area contributed by atoms with Crippen molar-refractivity contribution in [2.45, 2.75) is 59.2 Å². The van der Waals surface area contributed by atoms with Gasteiger partial charge in [0.1, 0.15) is 5.82 Å². The SMILES string of the molecule is CC(C)(C)CC(=O)Nc1ccc2[nH]c(Cc3ccc(/C=C/C(=O)NOC4CCCCO4)cc3)nc2c1. The fourth-order valence-electron chi connectivity index (χ4n) is 3.98. The van der Waals surface area contributed by atoms with Gasteiger partial charge in [0.25, 0.3) is 5.91 Å². The molecular weight excluding hydrogens is 456 g/mol. The quantitative estimate of drug-likeness (QED) is 0.300. The number of aromatic amines is 1. The number of fused-ring (bicyclic) bond motifs is 1. The second kappa shape index (κ2) is 11.5. The van der Waals surface area contributed by atoms with E-state index in [0.29, 0.717) is 19.4 Å². The van der Waals surface area contributed by atoms with Crippen molar-refractivity contribution in [3.63, 3.8) is 0 Å². The number of anilines is 1. The molecule has 1 aliphatic rings. The first-order valence-electron chi connectivity index (χ1n) is 12.4. The normalized spacial score (nSPS) is 16.4. The van der Waals surface area contributed by atoms with Gasteiger partial charge >= 0.3 is 0 Å². The highest BCUT2D eigenvalue weighted by molar-refractivity contribution is 5.93. The first-order valence-corrected chi connectivity index (χ1v) is 12.4. The number of rotatable bonds is 8. The Labute approximate surface area is 211 Å². The van der Waals surface area contributed by atoms with Gasteiger partial charge in [-0.15, -0.1) is 0 Å². The van der Waals surface area contributed by atoms with E-state index in [2.05, 4.69) is 15.8 Å². The maximum Gasteiger partial charge on any atom is 0.267 e. The van der Waals surface area contributed by atoms with E-state index in [-0.39, 0.29) is 23.5 Å². The Hall–Kier alpha value is -3.49. The molecule has 36 heavy (non-hydrogen) atoms. The average molecular weight is 491 g/mol. The Morgan fingerprint density at radius 1 is 1.17 bits per heavy atom. The van der Waals surface area contributed by atoms with Gasteiger partial charge in [0, 0.05) is 37.6 Å². The van der Waals surface area contributed by atoms with Crippen molar-refractivity contribution in [1.82, 2.24) is 15.4 Å². The molecule has 2 aromatic carbocycles. The minimum Gasteiger partial charge on any atom is -0.350 e. The molecule has 4 rings (SSSR count). The van der Waals surface area contributed by atoms with E-state index in [4.69, 9.17) is 14.6 Å². The number of carbonyl (C=O) groups excluding carboxylic acids is 2. The van der Waals surface area contributed by atoms with Crippen LogP contribution in [0.2, 0.25) is 0 Å². The van der Waals surface area contributed by atoms with Crippen molar-refractivity contribution in [2.75, 3.05) is 11.9 Å². The number of aromatic nitrogens is 2. The number of nitrogens with zero attached hydrogens (tertiary/aromatic N) is 1. The van der Waals surface area contributed by atoms with Crippen LogP contribution in [0.4, 0.5) is 5.69 Å². The van der Waals surface area contributed by atoms with Crippen LogP contribution in [0.15, 0.2) is 48.5 Å². The molecule has 1 atom stereocenters. The average Bonchev–Trinajstić information content (AvgIpc) is 3.23. The van der Waals surface area contributed by atoms with Crippen LogP contribution in [0.3, 0.4) is 0 Å².